The van der Waals surface area contributed by atoms with Crippen molar-refractivity contribution >= 4 is 19.3 Å². The van der Waals surface area contributed by atoms with Gasteiger partial charge >= 0.3 is 12.0 Å². The molecular formula is C16H24BN5O2. The van der Waals surface area contributed by atoms with E-state index in [2.05, 4.69) is 45.8 Å². The highest BCUT2D eigenvalue weighted by atomic mass is 16.5. The molecular weight excluding hydrogens is 305 g/mol. The van der Waals surface area contributed by atoms with E-state index in [9.17, 15) is 0 Å². The maximum Gasteiger partial charge on any atom is 0.324 e. The zero-order valence-electron chi connectivity index (χ0n) is 14.8. The summed E-state index contributed by atoms with van der Waals surface area (Å²) in [6.45, 7) is 8.01. The molecule has 0 bridgehead atoms. The van der Waals surface area contributed by atoms with E-state index in [1.54, 1.807) is 12.4 Å². The van der Waals surface area contributed by atoms with E-state index in [1.807, 2.05) is 7.85 Å². The lowest BCUT2D eigenvalue weighted by Crippen LogP contribution is -2.39. The van der Waals surface area contributed by atoms with Gasteiger partial charge in [-0.25, -0.2) is 9.97 Å². The van der Waals surface area contributed by atoms with Crippen molar-refractivity contribution in [3.05, 3.63) is 18.2 Å². The molecule has 1 fully saturated rings. The minimum absolute atomic E-state index is 0.0868. The van der Waals surface area contributed by atoms with Crippen molar-refractivity contribution in [2.75, 3.05) is 18.0 Å². The number of aromatic nitrogens is 4. The molecule has 2 aromatic rings. The van der Waals surface area contributed by atoms with Crippen LogP contribution in [-0.4, -0.2) is 47.1 Å². The van der Waals surface area contributed by atoms with Gasteiger partial charge in [-0.05, 0) is 25.7 Å². The van der Waals surface area contributed by atoms with Crippen molar-refractivity contribution in [3.8, 4) is 6.01 Å². The van der Waals surface area contributed by atoms with Crippen LogP contribution in [0.4, 0.5) is 6.01 Å². The summed E-state index contributed by atoms with van der Waals surface area (Å²) < 4.78 is 11.3. The van der Waals surface area contributed by atoms with E-state index in [0.29, 0.717) is 17.9 Å². The predicted octanol–water partition coefficient (Wildman–Crippen LogP) is 0.925. The molecule has 7 nitrogen and oxygen atoms in total. The van der Waals surface area contributed by atoms with Crippen LogP contribution in [0.3, 0.4) is 0 Å². The smallest absolute Gasteiger partial charge is 0.324 e. The Bertz CT molecular complexity index is 653. The summed E-state index contributed by atoms with van der Waals surface area (Å²) in [6, 6.07) is 1.08. The Morgan fingerprint density at radius 2 is 1.88 bits per heavy atom. The second kappa shape index (κ2) is 7.19. The number of anilines is 1. The average molecular weight is 329 g/mol. The number of nitrogens with zero attached hydrogens (tertiary/aromatic N) is 5. The molecule has 0 amide bonds. The normalized spacial score (nSPS) is 17.2. The van der Waals surface area contributed by atoms with Crippen molar-refractivity contribution in [1.82, 2.24) is 20.1 Å². The van der Waals surface area contributed by atoms with E-state index in [-0.39, 0.29) is 12.0 Å². The first kappa shape index (κ1) is 16.7. The van der Waals surface area contributed by atoms with E-state index in [4.69, 9.17) is 9.26 Å². The average Bonchev–Trinajstić information content (AvgIpc) is 3.07. The zero-order valence-corrected chi connectivity index (χ0v) is 14.8. The molecule has 0 unspecified atom stereocenters. The Morgan fingerprint density at radius 1 is 1.21 bits per heavy atom. The second-order valence-corrected chi connectivity index (χ2v) is 6.78. The quantitative estimate of drug-likeness (QED) is 0.755. The van der Waals surface area contributed by atoms with Gasteiger partial charge in [0, 0.05) is 31.4 Å². The fraction of sp³-hybridized carbons (Fsp3) is 0.625. The largest absolute Gasteiger partial charge is 0.460 e. The standard InChI is InChI=1S/C16H24BN5O2/c1-10(2)14-20-16(24-21-14)22-6-4-12(5-7-22)11(3)23-15-18-8-13(17)9-19-15/h8-12H,4-7,17H2,1-3H3/t11-/m0/s1. The molecule has 0 aliphatic carbocycles. The molecule has 2 aromatic heterocycles. The lowest BCUT2D eigenvalue weighted by atomic mass is 9.92. The van der Waals surface area contributed by atoms with E-state index < -0.39 is 0 Å². The van der Waals surface area contributed by atoms with Gasteiger partial charge in [0.25, 0.3) is 0 Å². The van der Waals surface area contributed by atoms with Crippen LogP contribution in [0.15, 0.2) is 16.9 Å². The SMILES string of the molecule is Bc1cnc(O[C@@H](C)C2CCN(c3nc(C(C)C)no3)CC2)nc1. The third-order valence-corrected chi connectivity index (χ3v) is 4.47. The lowest BCUT2D eigenvalue weighted by Gasteiger charge is -2.33. The Labute approximate surface area is 143 Å². The molecule has 1 atom stereocenters. The number of rotatable bonds is 5. The van der Waals surface area contributed by atoms with Crippen molar-refractivity contribution in [3.63, 3.8) is 0 Å². The molecule has 0 spiro atoms. The topological polar surface area (TPSA) is 77.2 Å². The van der Waals surface area contributed by atoms with Crippen LogP contribution in [0.5, 0.6) is 6.01 Å². The molecule has 0 aromatic carbocycles. The van der Waals surface area contributed by atoms with Gasteiger partial charge < -0.3 is 14.2 Å². The van der Waals surface area contributed by atoms with Gasteiger partial charge in [-0.1, -0.05) is 24.5 Å². The van der Waals surface area contributed by atoms with Crippen LogP contribution in [0, 0.1) is 5.92 Å². The van der Waals surface area contributed by atoms with Gasteiger partial charge in [0.05, 0.1) is 0 Å². The molecule has 128 valence electrons. The summed E-state index contributed by atoms with van der Waals surface area (Å²) in [6.07, 6.45) is 5.68. The van der Waals surface area contributed by atoms with Gasteiger partial charge in [0.2, 0.25) is 0 Å². The molecule has 8 heteroatoms. The molecule has 1 saturated heterocycles. The Balaban J connectivity index is 1.53. The third kappa shape index (κ3) is 3.86. The predicted molar refractivity (Wildman–Crippen MR) is 93.6 cm³/mol. The van der Waals surface area contributed by atoms with Gasteiger partial charge in [0.15, 0.2) is 5.82 Å². The highest BCUT2D eigenvalue weighted by molar-refractivity contribution is 6.31. The minimum atomic E-state index is 0.0868. The molecule has 24 heavy (non-hydrogen) atoms. The molecule has 0 N–H and O–H groups in total. The first-order valence-electron chi connectivity index (χ1n) is 8.56. The molecule has 1 aliphatic heterocycles. The number of ether oxygens (including phenoxy) is 1. The van der Waals surface area contributed by atoms with Crippen molar-refractivity contribution in [2.24, 2.45) is 5.92 Å². The summed E-state index contributed by atoms with van der Waals surface area (Å²) in [4.78, 5) is 15.1. The first-order chi connectivity index (χ1) is 11.5. The van der Waals surface area contributed by atoms with Gasteiger partial charge in [-0.3, -0.25) is 0 Å². The van der Waals surface area contributed by atoms with E-state index >= 15 is 0 Å². The van der Waals surface area contributed by atoms with Crippen LogP contribution < -0.4 is 15.1 Å². The highest BCUT2D eigenvalue weighted by Gasteiger charge is 2.28. The Morgan fingerprint density at radius 3 is 2.46 bits per heavy atom. The maximum absolute atomic E-state index is 5.89. The summed E-state index contributed by atoms with van der Waals surface area (Å²) in [5, 5.41) is 4.04. The van der Waals surface area contributed by atoms with Crippen LogP contribution in [0.1, 0.15) is 45.4 Å². The van der Waals surface area contributed by atoms with E-state index in [0.717, 1.165) is 37.2 Å². The minimum Gasteiger partial charge on any atom is -0.460 e. The third-order valence-electron chi connectivity index (χ3n) is 4.47. The van der Waals surface area contributed by atoms with Gasteiger partial charge in [0.1, 0.15) is 14.0 Å². The molecule has 0 radical (unpaired) electrons. The van der Waals surface area contributed by atoms with Crippen LogP contribution in [0.25, 0.3) is 0 Å². The fourth-order valence-electron chi connectivity index (χ4n) is 2.85. The van der Waals surface area contributed by atoms with E-state index in [1.165, 1.54) is 0 Å². The van der Waals surface area contributed by atoms with Crippen LogP contribution >= 0.6 is 0 Å². The fourth-order valence-corrected chi connectivity index (χ4v) is 2.85. The highest BCUT2D eigenvalue weighted by Crippen LogP contribution is 2.26. The summed E-state index contributed by atoms with van der Waals surface area (Å²) in [7, 11) is 1.96. The number of hydrogen-bond acceptors (Lipinski definition) is 7. The first-order valence-corrected chi connectivity index (χ1v) is 8.56. The number of hydrogen-bond donors (Lipinski definition) is 0. The summed E-state index contributed by atoms with van der Waals surface area (Å²) in [5.41, 5.74) is 1.03. The molecule has 3 heterocycles. The Hall–Kier alpha value is -2.12. The lowest BCUT2D eigenvalue weighted by molar-refractivity contribution is 0.120. The molecule has 3 rings (SSSR count). The van der Waals surface area contributed by atoms with Crippen LogP contribution in [-0.2, 0) is 0 Å². The number of piperidine rings is 1. The monoisotopic (exact) mass is 329 g/mol. The summed E-state index contributed by atoms with van der Waals surface area (Å²) in [5.74, 6) is 1.52. The second-order valence-electron chi connectivity index (χ2n) is 6.78. The van der Waals surface area contributed by atoms with Crippen LogP contribution in [0.2, 0.25) is 0 Å². The van der Waals surface area contributed by atoms with Gasteiger partial charge in [-0.2, -0.15) is 4.98 Å². The Kier molecular flexibility index (Phi) is 5.01. The van der Waals surface area contributed by atoms with Crippen molar-refractivity contribution < 1.29 is 9.26 Å². The molecule has 0 saturated carbocycles. The van der Waals surface area contributed by atoms with Crippen molar-refractivity contribution in [1.29, 1.82) is 0 Å². The van der Waals surface area contributed by atoms with Gasteiger partial charge in [-0.15, -0.1) is 0 Å². The zero-order chi connectivity index (χ0) is 17.1. The maximum atomic E-state index is 5.89. The van der Waals surface area contributed by atoms with Crippen molar-refractivity contribution in [2.45, 2.75) is 45.6 Å². The summed E-state index contributed by atoms with van der Waals surface area (Å²) >= 11 is 0. The molecule has 1 aliphatic rings.